The fourth-order valence-electron chi connectivity index (χ4n) is 1.90. The summed E-state index contributed by atoms with van der Waals surface area (Å²) in [5.74, 6) is -1.34. The van der Waals surface area contributed by atoms with Gasteiger partial charge in [-0.15, -0.1) is 5.10 Å². The first-order valence-corrected chi connectivity index (χ1v) is 5.76. The minimum Gasteiger partial charge on any atom is -0.398 e. The van der Waals surface area contributed by atoms with Crippen LogP contribution >= 0.6 is 0 Å². The molecule has 0 aliphatic carbocycles. The number of benzene rings is 2. The van der Waals surface area contributed by atoms with Crippen molar-refractivity contribution < 1.29 is 8.78 Å². The van der Waals surface area contributed by atoms with Crippen molar-refractivity contribution in [2.75, 3.05) is 5.73 Å². The lowest BCUT2D eigenvalue weighted by atomic mass is 10.1. The summed E-state index contributed by atoms with van der Waals surface area (Å²) >= 11 is 0. The number of rotatable bonds is 2. The SMILES string of the molecule is Nc1ccccc1-c1nnnn1-c1c(F)cccc1F. The average Bonchev–Trinajstić information content (AvgIpc) is 2.88. The maximum atomic E-state index is 13.8. The molecule has 3 rings (SSSR count). The largest absolute Gasteiger partial charge is 0.398 e. The van der Waals surface area contributed by atoms with Crippen LogP contribution in [0.2, 0.25) is 0 Å². The Morgan fingerprint density at radius 1 is 0.950 bits per heavy atom. The molecule has 0 unspecified atom stereocenters. The van der Waals surface area contributed by atoms with Gasteiger partial charge in [-0.2, -0.15) is 4.68 Å². The molecule has 0 saturated heterocycles. The van der Waals surface area contributed by atoms with Crippen LogP contribution in [0.4, 0.5) is 14.5 Å². The van der Waals surface area contributed by atoms with Gasteiger partial charge in [-0.3, -0.25) is 0 Å². The molecule has 2 N–H and O–H groups in total. The molecular weight excluding hydrogens is 264 g/mol. The van der Waals surface area contributed by atoms with Gasteiger partial charge in [0.25, 0.3) is 0 Å². The molecule has 0 radical (unpaired) electrons. The highest BCUT2D eigenvalue weighted by Gasteiger charge is 2.18. The van der Waals surface area contributed by atoms with Crippen LogP contribution in [-0.2, 0) is 0 Å². The number of para-hydroxylation sites is 2. The minimum absolute atomic E-state index is 0.173. The first-order chi connectivity index (χ1) is 9.68. The molecule has 1 heterocycles. The number of anilines is 1. The normalized spacial score (nSPS) is 10.7. The molecule has 2 aromatic carbocycles. The summed E-state index contributed by atoms with van der Waals surface area (Å²) < 4.78 is 28.6. The van der Waals surface area contributed by atoms with Crippen LogP contribution in [0.5, 0.6) is 0 Å². The average molecular weight is 273 g/mol. The summed E-state index contributed by atoms with van der Waals surface area (Å²) in [6, 6.07) is 10.4. The van der Waals surface area contributed by atoms with Crippen LogP contribution in [0.3, 0.4) is 0 Å². The number of nitrogens with zero attached hydrogens (tertiary/aromatic N) is 4. The van der Waals surface area contributed by atoms with Gasteiger partial charge in [0, 0.05) is 11.3 Å². The van der Waals surface area contributed by atoms with Crippen molar-refractivity contribution in [1.82, 2.24) is 20.2 Å². The highest BCUT2D eigenvalue weighted by molar-refractivity contribution is 5.72. The zero-order chi connectivity index (χ0) is 14.1. The van der Waals surface area contributed by atoms with E-state index in [1.165, 1.54) is 6.07 Å². The van der Waals surface area contributed by atoms with Crippen LogP contribution in [0.25, 0.3) is 17.1 Å². The van der Waals surface area contributed by atoms with E-state index in [9.17, 15) is 8.78 Å². The van der Waals surface area contributed by atoms with Crippen molar-refractivity contribution in [2.45, 2.75) is 0 Å². The summed E-state index contributed by atoms with van der Waals surface area (Å²) in [5, 5.41) is 10.9. The van der Waals surface area contributed by atoms with E-state index in [0.717, 1.165) is 16.8 Å². The van der Waals surface area contributed by atoms with E-state index in [1.807, 2.05) is 0 Å². The van der Waals surface area contributed by atoms with Gasteiger partial charge in [-0.25, -0.2) is 8.78 Å². The molecule has 0 fully saturated rings. The fraction of sp³-hybridized carbons (Fsp3) is 0. The Bertz CT molecular complexity index is 749. The highest BCUT2D eigenvalue weighted by atomic mass is 19.1. The molecule has 0 aliphatic rings. The van der Waals surface area contributed by atoms with Crippen molar-refractivity contribution in [3.63, 3.8) is 0 Å². The number of hydrogen-bond donors (Lipinski definition) is 1. The van der Waals surface area contributed by atoms with Gasteiger partial charge in [-0.1, -0.05) is 18.2 Å². The summed E-state index contributed by atoms with van der Waals surface area (Å²) in [6.45, 7) is 0. The van der Waals surface area contributed by atoms with Crippen molar-refractivity contribution in [1.29, 1.82) is 0 Å². The van der Waals surface area contributed by atoms with Crippen LogP contribution in [0.1, 0.15) is 0 Å². The Labute approximate surface area is 112 Å². The predicted octanol–water partition coefficient (Wildman–Crippen LogP) is 2.19. The number of nitrogens with two attached hydrogens (primary N) is 1. The molecule has 1 aromatic heterocycles. The Kier molecular flexibility index (Phi) is 2.86. The van der Waals surface area contributed by atoms with Crippen LogP contribution < -0.4 is 5.73 Å². The fourth-order valence-corrected chi connectivity index (χ4v) is 1.90. The lowest BCUT2D eigenvalue weighted by molar-refractivity contribution is 0.557. The van der Waals surface area contributed by atoms with Gasteiger partial charge >= 0.3 is 0 Å². The lowest BCUT2D eigenvalue weighted by Crippen LogP contribution is -2.06. The molecule has 0 saturated carbocycles. The summed E-state index contributed by atoms with van der Waals surface area (Å²) in [7, 11) is 0. The highest BCUT2D eigenvalue weighted by Crippen LogP contribution is 2.26. The van der Waals surface area contributed by atoms with Crippen LogP contribution in [0.15, 0.2) is 42.5 Å². The molecule has 7 heteroatoms. The van der Waals surface area contributed by atoms with E-state index in [0.29, 0.717) is 11.3 Å². The first kappa shape index (κ1) is 12.2. The third-order valence-corrected chi connectivity index (χ3v) is 2.82. The third-order valence-electron chi connectivity index (χ3n) is 2.82. The van der Waals surface area contributed by atoms with E-state index in [2.05, 4.69) is 15.5 Å². The monoisotopic (exact) mass is 273 g/mol. The number of halogens is 2. The number of aromatic nitrogens is 4. The Morgan fingerprint density at radius 3 is 2.35 bits per heavy atom. The van der Waals surface area contributed by atoms with Crippen molar-refractivity contribution in [3.05, 3.63) is 54.1 Å². The molecule has 20 heavy (non-hydrogen) atoms. The quantitative estimate of drug-likeness (QED) is 0.727. The Balaban J connectivity index is 2.24. The van der Waals surface area contributed by atoms with Crippen molar-refractivity contribution in [3.8, 4) is 17.1 Å². The molecular formula is C13H9F2N5. The zero-order valence-corrected chi connectivity index (χ0v) is 10.2. The predicted molar refractivity (Wildman–Crippen MR) is 68.9 cm³/mol. The van der Waals surface area contributed by atoms with Gasteiger partial charge < -0.3 is 5.73 Å². The van der Waals surface area contributed by atoms with Gasteiger partial charge in [0.2, 0.25) is 0 Å². The second-order valence-electron chi connectivity index (χ2n) is 4.07. The van der Waals surface area contributed by atoms with E-state index in [-0.39, 0.29) is 11.5 Å². The van der Waals surface area contributed by atoms with Gasteiger partial charge in [0.05, 0.1) is 0 Å². The maximum Gasteiger partial charge on any atom is 0.189 e. The summed E-state index contributed by atoms with van der Waals surface area (Å²) in [4.78, 5) is 0. The third kappa shape index (κ3) is 1.89. The Hall–Kier alpha value is -2.83. The summed E-state index contributed by atoms with van der Waals surface area (Å²) in [6.07, 6.45) is 0. The van der Waals surface area contributed by atoms with E-state index >= 15 is 0 Å². The lowest BCUT2D eigenvalue weighted by Gasteiger charge is -2.08. The number of tetrazole rings is 1. The second kappa shape index (κ2) is 4.69. The smallest absolute Gasteiger partial charge is 0.189 e. The Morgan fingerprint density at radius 2 is 1.65 bits per heavy atom. The van der Waals surface area contributed by atoms with Crippen LogP contribution in [-0.4, -0.2) is 20.2 Å². The van der Waals surface area contributed by atoms with Gasteiger partial charge in [-0.05, 0) is 34.7 Å². The van der Waals surface area contributed by atoms with E-state index in [1.54, 1.807) is 24.3 Å². The molecule has 5 nitrogen and oxygen atoms in total. The molecule has 3 aromatic rings. The number of hydrogen-bond acceptors (Lipinski definition) is 4. The van der Waals surface area contributed by atoms with Gasteiger partial charge in [0.1, 0.15) is 5.69 Å². The van der Waals surface area contributed by atoms with Gasteiger partial charge in [0.15, 0.2) is 17.5 Å². The summed E-state index contributed by atoms with van der Waals surface area (Å²) in [5.41, 5.74) is 6.42. The van der Waals surface area contributed by atoms with E-state index < -0.39 is 11.6 Å². The second-order valence-corrected chi connectivity index (χ2v) is 4.07. The van der Waals surface area contributed by atoms with Crippen LogP contribution in [0, 0.1) is 11.6 Å². The van der Waals surface area contributed by atoms with E-state index in [4.69, 9.17) is 5.73 Å². The first-order valence-electron chi connectivity index (χ1n) is 5.76. The molecule has 0 spiro atoms. The molecule has 0 bridgehead atoms. The van der Waals surface area contributed by atoms with Crippen molar-refractivity contribution >= 4 is 5.69 Å². The topological polar surface area (TPSA) is 69.6 Å². The minimum atomic E-state index is -0.756. The molecule has 0 aliphatic heterocycles. The van der Waals surface area contributed by atoms with Crippen molar-refractivity contribution in [2.24, 2.45) is 0 Å². The maximum absolute atomic E-state index is 13.8. The number of nitrogen functional groups attached to an aromatic ring is 1. The zero-order valence-electron chi connectivity index (χ0n) is 10.2. The standard InChI is InChI=1S/C13H9F2N5/c14-9-5-3-6-10(15)12(9)20-13(17-18-19-20)8-4-1-2-7-11(8)16/h1-7H,16H2. The molecule has 100 valence electrons. The molecule has 0 amide bonds. The molecule has 0 atom stereocenters.